The number of ether oxygens (including phenoxy) is 2. The first-order valence-corrected chi connectivity index (χ1v) is 11.0. The van der Waals surface area contributed by atoms with E-state index in [-0.39, 0.29) is 28.8 Å². The van der Waals surface area contributed by atoms with Gasteiger partial charge in [0.05, 0.1) is 30.0 Å². The molecular weight excluding hydrogens is 455 g/mol. The average Bonchev–Trinajstić information content (AvgIpc) is 3.27. The Bertz CT molecular complexity index is 1220. The van der Waals surface area contributed by atoms with Crippen molar-refractivity contribution < 1.29 is 31.1 Å². The molecule has 0 spiro atoms. The summed E-state index contributed by atoms with van der Waals surface area (Å²) in [4.78, 5) is 3.66. The number of rotatable bonds is 5. The van der Waals surface area contributed by atoms with Crippen LogP contribution in [0.25, 0.3) is 0 Å². The maximum atomic E-state index is 14.9. The third-order valence-electron chi connectivity index (χ3n) is 4.74. The molecule has 4 rings (SSSR count). The summed E-state index contributed by atoms with van der Waals surface area (Å²) in [5, 5.41) is -1.62. The zero-order chi connectivity index (χ0) is 22.2. The van der Waals surface area contributed by atoms with Gasteiger partial charge in [0.15, 0.2) is 9.84 Å². The van der Waals surface area contributed by atoms with Crippen LogP contribution in [-0.2, 0) is 19.3 Å². The molecule has 0 saturated carbocycles. The van der Waals surface area contributed by atoms with Gasteiger partial charge in [0, 0.05) is 16.1 Å². The Morgan fingerprint density at radius 1 is 0.935 bits per heavy atom. The van der Waals surface area contributed by atoms with E-state index in [1.165, 1.54) is 24.3 Å². The molecule has 0 amide bonds. The van der Waals surface area contributed by atoms with Crippen LogP contribution >= 0.6 is 11.6 Å². The van der Waals surface area contributed by atoms with Crippen molar-refractivity contribution in [2.24, 2.45) is 0 Å². The van der Waals surface area contributed by atoms with Gasteiger partial charge in [-0.1, -0.05) is 11.6 Å². The van der Waals surface area contributed by atoms with E-state index in [1.807, 2.05) is 0 Å². The Morgan fingerprint density at radius 3 is 2.26 bits per heavy atom. The zero-order valence-corrected chi connectivity index (χ0v) is 17.3. The summed E-state index contributed by atoms with van der Waals surface area (Å²) >= 11 is 5.84. The molecule has 3 aromatic rings. The number of sulfone groups is 1. The van der Waals surface area contributed by atoms with Crippen molar-refractivity contribution in [2.75, 3.05) is 13.2 Å². The smallest absolute Gasteiger partial charge is 0.201 e. The van der Waals surface area contributed by atoms with Crippen LogP contribution in [0.15, 0.2) is 59.6 Å². The second-order valence-electron chi connectivity index (χ2n) is 6.75. The van der Waals surface area contributed by atoms with E-state index >= 15 is 0 Å². The first-order chi connectivity index (χ1) is 14.8. The van der Waals surface area contributed by atoms with Gasteiger partial charge in [-0.3, -0.25) is 4.98 Å². The molecular formula is C21H15ClF3NO4S. The molecule has 0 radical (unpaired) electrons. The highest BCUT2D eigenvalue weighted by Gasteiger charge is 2.36. The highest BCUT2D eigenvalue weighted by molar-refractivity contribution is 7.91. The van der Waals surface area contributed by atoms with Crippen LogP contribution in [0.2, 0.25) is 5.02 Å². The summed E-state index contributed by atoms with van der Waals surface area (Å²) in [6, 6.07) is 8.60. The predicted molar refractivity (Wildman–Crippen MR) is 106 cm³/mol. The number of halogens is 4. The Kier molecular flexibility index (Phi) is 6.02. The lowest BCUT2D eigenvalue weighted by molar-refractivity contribution is -0.0474. The molecule has 2 aromatic carbocycles. The molecule has 0 aliphatic carbocycles. The Morgan fingerprint density at radius 2 is 1.58 bits per heavy atom. The van der Waals surface area contributed by atoms with Gasteiger partial charge in [0.1, 0.15) is 22.7 Å². The van der Waals surface area contributed by atoms with Crippen molar-refractivity contribution in [3.05, 3.63) is 94.0 Å². The van der Waals surface area contributed by atoms with Crippen molar-refractivity contribution in [3.63, 3.8) is 0 Å². The molecule has 10 heteroatoms. The second kappa shape index (κ2) is 8.58. The predicted octanol–water partition coefficient (Wildman–Crippen LogP) is 4.76. The summed E-state index contributed by atoms with van der Waals surface area (Å²) in [7, 11) is -4.44. The fourth-order valence-electron chi connectivity index (χ4n) is 3.31. The van der Waals surface area contributed by atoms with Gasteiger partial charge >= 0.3 is 0 Å². The Hall–Kier alpha value is -2.46. The largest absolute Gasteiger partial charge is 0.345 e. The lowest BCUT2D eigenvalue weighted by atomic mass is 10.0. The van der Waals surface area contributed by atoms with Gasteiger partial charge in [-0.25, -0.2) is 21.6 Å². The standard InChI is InChI=1S/C21H15ClF3NO4S/c22-12-1-4-14(5-2-12)31(27,28)20(15-9-13(23)3-6-17(15)24)16-10-19(26-11-18(16)25)21-29-7-8-30-21/h1-6,9-11,20-21H,7-8H2. The van der Waals surface area contributed by atoms with Crippen LogP contribution < -0.4 is 0 Å². The van der Waals surface area contributed by atoms with Crippen LogP contribution in [0.1, 0.15) is 28.4 Å². The maximum Gasteiger partial charge on any atom is 0.201 e. The minimum absolute atomic E-state index is 0.113. The van der Waals surface area contributed by atoms with Crippen LogP contribution in [0, 0.1) is 17.5 Å². The molecule has 31 heavy (non-hydrogen) atoms. The van der Waals surface area contributed by atoms with E-state index in [4.69, 9.17) is 21.1 Å². The molecule has 2 heterocycles. The molecule has 1 aliphatic rings. The highest BCUT2D eigenvalue weighted by atomic mass is 35.5. The van der Waals surface area contributed by atoms with E-state index in [9.17, 15) is 21.6 Å². The molecule has 1 unspecified atom stereocenters. The van der Waals surface area contributed by atoms with Gasteiger partial charge in [-0.05, 0) is 48.5 Å². The van der Waals surface area contributed by atoms with Crippen molar-refractivity contribution in [2.45, 2.75) is 16.4 Å². The maximum absolute atomic E-state index is 14.9. The zero-order valence-electron chi connectivity index (χ0n) is 15.8. The molecule has 5 nitrogen and oxygen atoms in total. The lowest BCUT2D eigenvalue weighted by Crippen LogP contribution is -2.19. The molecule has 1 fully saturated rings. The molecule has 1 aliphatic heterocycles. The van der Waals surface area contributed by atoms with Crippen LogP contribution in [-0.4, -0.2) is 26.6 Å². The minimum atomic E-state index is -4.44. The average molecular weight is 470 g/mol. The lowest BCUT2D eigenvalue weighted by Gasteiger charge is -2.21. The molecule has 162 valence electrons. The van der Waals surface area contributed by atoms with Crippen molar-refractivity contribution in [1.82, 2.24) is 4.98 Å². The van der Waals surface area contributed by atoms with Gasteiger partial charge in [0.25, 0.3) is 0 Å². The summed E-state index contributed by atoms with van der Waals surface area (Å²) in [5.41, 5.74) is -0.843. The van der Waals surface area contributed by atoms with E-state index in [1.54, 1.807) is 0 Å². The fraction of sp³-hybridized carbons (Fsp3) is 0.190. The van der Waals surface area contributed by atoms with Gasteiger partial charge in [0.2, 0.25) is 6.29 Å². The second-order valence-corrected chi connectivity index (χ2v) is 9.22. The minimum Gasteiger partial charge on any atom is -0.345 e. The highest BCUT2D eigenvalue weighted by Crippen LogP contribution is 2.39. The molecule has 0 bridgehead atoms. The number of hydrogen-bond donors (Lipinski definition) is 0. The van der Waals surface area contributed by atoms with Crippen LogP contribution in [0.5, 0.6) is 0 Å². The number of pyridine rings is 1. The monoisotopic (exact) mass is 469 g/mol. The fourth-order valence-corrected chi connectivity index (χ4v) is 5.25. The van der Waals surface area contributed by atoms with E-state index < -0.39 is 50.0 Å². The summed E-state index contributed by atoms with van der Waals surface area (Å²) in [5.74, 6) is -2.88. The van der Waals surface area contributed by atoms with Crippen molar-refractivity contribution >= 4 is 21.4 Å². The Labute approximate surface area is 181 Å². The molecule has 1 saturated heterocycles. The van der Waals surface area contributed by atoms with E-state index in [0.717, 1.165) is 30.5 Å². The first kappa shape index (κ1) is 21.8. The third kappa shape index (κ3) is 4.31. The number of aromatic nitrogens is 1. The topological polar surface area (TPSA) is 65.5 Å². The molecule has 1 atom stereocenters. The third-order valence-corrected chi connectivity index (χ3v) is 7.05. The number of hydrogen-bond acceptors (Lipinski definition) is 5. The van der Waals surface area contributed by atoms with Crippen molar-refractivity contribution in [3.8, 4) is 0 Å². The van der Waals surface area contributed by atoms with E-state index in [2.05, 4.69) is 4.98 Å². The van der Waals surface area contributed by atoms with E-state index in [0.29, 0.717) is 0 Å². The van der Waals surface area contributed by atoms with Gasteiger partial charge < -0.3 is 9.47 Å². The van der Waals surface area contributed by atoms with Crippen LogP contribution in [0.3, 0.4) is 0 Å². The van der Waals surface area contributed by atoms with Gasteiger partial charge in [-0.2, -0.15) is 0 Å². The quantitative estimate of drug-likeness (QED) is 0.539. The van der Waals surface area contributed by atoms with Gasteiger partial charge in [-0.15, -0.1) is 0 Å². The normalized spacial score (nSPS) is 15.9. The Balaban J connectivity index is 1.94. The first-order valence-electron chi connectivity index (χ1n) is 9.10. The number of nitrogens with zero attached hydrogens (tertiary/aromatic N) is 1. The number of benzene rings is 2. The van der Waals surface area contributed by atoms with Crippen molar-refractivity contribution in [1.29, 1.82) is 0 Å². The molecule has 0 N–H and O–H groups in total. The molecule has 1 aromatic heterocycles. The summed E-state index contributed by atoms with van der Waals surface area (Å²) in [6.07, 6.45) is -0.118. The van der Waals surface area contributed by atoms with Crippen LogP contribution in [0.4, 0.5) is 13.2 Å². The SMILES string of the molecule is O=S(=O)(c1ccc(Cl)cc1)C(c1cc(F)ccc1F)c1cc(C2OCCO2)ncc1F. The summed E-state index contributed by atoms with van der Waals surface area (Å²) in [6.45, 7) is 0.564. The summed E-state index contributed by atoms with van der Waals surface area (Å²) < 4.78 is 81.3.